The summed E-state index contributed by atoms with van der Waals surface area (Å²) in [5.41, 5.74) is 3.48. The van der Waals surface area contributed by atoms with E-state index in [1.165, 1.54) is 28.9 Å². The van der Waals surface area contributed by atoms with Crippen molar-refractivity contribution in [3.8, 4) is 22.5 Å². The van der Waals surface area contributed by atoms with Crippen LogP contribution in [0.2, 0.25) is 6.82 Å². The largest absolute Gasteiger partial charge is 0.417 e. The van der Waals surface area contributed by atoms with E-state index < -0.39 is 17.6 Å². The van der Waals surface area contributed by atoms with Gasteiger partial charge >= 0.3 is 6.18 Å². The van der Waals surface area contributed by atoms with E-state index in [-0.39, 0.29) is 5.95 Å². The van der Waals surface area contributed by atoms with Gasteiger partial charge in [-0.1, -0.05) is 42.6 Å². The monoisotopic (exact) mass is 475 g/mol. The summed E-state index contributed by atoms with van der Waals surface area (Å²) in [6, 6.07) is 17.6. The van der Waals surface area contributed by atoms with Crippen LogP contribution in [0.3, 0.4) is 0 Å². The lowest BCUT2D eigenvalue weighted by molar-refractivity contribution is -0.137. The van der Waals surface area contributed by atoms with Crippen LogP contribution in [0.5, 0.6) is 0 Å². The number of aromatic nitrogens is 4. The van der Waals surface area contributed by atoms with Gasteiger partial charge in [0.25, 0.3) is 0 Å². The number of nitrogens with one attached hydrogen (secondary N) is 1. The number of alkyl halides is 3. The fourth-order valence-corrected chi connectivity index (χ4v) is 3.86. The van der Waals surface area contributed by atoms with Crippen molar-refractivity contribution in [1.29, 1.82) is 0 Å². The first-order valence-electron chi connectivity index (χ1n) is 10.9. The highest BCUT2D eigenvalue weighted by molar-refractivity contribution is 6.52. The number of rotatable bonds is 5. The van der Waals surface area contributed by atoms with E-state index in [1.54, 1.807) is 18.2 Å². The Bertz CT molecular complexity index is 1530. The quantitative estimate of drug-likeness (QED) is 0.271. The van der Waals surface area contributed by atoms with Crippen LogP contribution in [-0.4, -0.2) is 26.9 Å². The Morgan fingerprint density at radius 2 is 1.80 bits per heavy atom. The predicted molar refractivity (Wildman–Crippen MR) is 129 cm³/mol. The molecule has 0 atom stereocenters. The molecule has 0 bridgehead atoms. The molecule has 0 aliphatic heterocycles. The van der Waals surface area contributed by atoms with Crippen molar-refractivity contribution in [3.63, 3.8) is 0 Å². The zero-order valence-electron chi connectivity index (χ0n) is 18.5. The maximum absolute atomic E-state index is 13.6. The van der Waals surface area contributed by atoms with E-state index >= 15 is 0 Å². The molecule has 5 nitrogen and oxygen atoms in total. The second-order valence-corrected chi connectivity index (χ2v) is 7.92. The maximum atomic E-state index is 13.6. The van der Waals surface area contributed by atoms with Crippen LogP contribution < -0.4 is 10.8 Å². The number of hydrogen-bond acceptors (Lipinski definition) is 4. The fraction of sp³-hybridized carbons (Fsp3) is 0.0800. The molecular weight excluding hydrogens is 457 g/mol. The first-order valence-corrected chi connectivity index (χ1v) is 10.9. The van der Waals surface area contributed by atoms with E-state index in [9.17, 15) is 17.6 Å². The second-order valence-electron chi connectivity index (χ2n) is 7.92. The highest BCUT2D eigenvalue weighted by Gasteiger charge is 2.31. The first kappa shape index (κ1) is 22.6. The third-order valence-electron chi connectivity index (χ3n) is 5.56. The molecule has 0 fully saturated rings. The molecule has 0 radical (unpaired) electrons. The summed E-state index contributed by atoms with van der Waals surface area (Å²) in [7, 11) is 0.796. The number of nitrogens with zero attached hydrogens (tertiary/aromatic N) is 4. The number of hydrogen-bond donors (Lipinski definition) is 1. The first-order chi connectivity index (χ1) is 16.8. The summed E-state index contributed by atoms with van der Waals surface area (Å²) in [4.78, 5) is 8.78. The highest BCUT2D eigenvalue weighted by atomic mass is 19.4. The Labute approximate surface area is 198 Å². The molecule has 3 heterocycles. The van der Waals surface area contributed by atoms with Gasteiger partial charge in [-0.2, -0.15) is 18.3 Å². The zero-order chi connectivity index (χ0) is 24.6. The third kappa shape index (κ3) is 4.59. The van der Waals surface area contributed by atoms with Gasteiger partial charge in [0.1, 0.15) is 11.5 Å². The van der Waals surface area contributed by atoms with E-state index in [4.69, 9.17) is 0 Å². The van der Waals surface area contributed by atoms with Crippen LogP contribution in [0.25, 0.3) is 28.0 Å². The van der Waals surface area contributed by atoms with Gasteiger partial charge in [0.2, 0.25) is 5.95 Å². The smallest absolute Gasteiger partial charge is 0.324 e. The molecule has 0 saturated heterocycles. The Hall–Kier alpha value is -4.21. The van der Waals surface area contributed by atoms with Gasteiger partial charge in [0, 0.05) is 23.6 Å². The van der Waals surface area contributed by atoms with Gasteiger partial charge in [-0.3, -0.25) is 0 Å². The van der Waals surface area contributed by atoms with Gasteiger partial charge in [-0.05, 0) is 36.4 Å². The lowest BCUT2D eigenvalue weighted by Crippen LogP contribution is -2.09. The molecule has 0 aliphatic carbocycles. The van der Waals surface area contributed by atoms with Gasteiger partial charge in [-0.15, -0.1) is 0 Å². The standard InChI is InChI=1S/C25H18BF4N5/c1-26-17-5-2-4-15(12-17)23-22(21-9-8-16(25(28,29)30)14-35(21)34-23)20-10-11-31-24(33-20)32-19-7-3-6-18(27)13-19/h2-14,26H,1H3,(H,31,32,33). The van der Waals surface area contributed by atoms with Crippen molar-refractivity contribution in [2.75, 3.05) is 5.32 Å². The zero-order valence-corrected chi connectivity index (χ0v) is 18.5. The molecule has 5 rings (SSSR count). The van der Waals surface area contributed by atoms with Crippen LogP contribution in [0.1, 0.15) is 5.56 Å². The average molecular weight is 475 g/mol. The lowest BCUT2D eigenvalue weighted by Gasteiger charge is -2.09. The minimum absolute atomic E-state index is 0.215. The minimum atomic E-state index is -4.50. The maximum Gasteiger partial charge on any atom is 0.417 e. The molecule has 0 amide bonds. The molecule has 1 N–H and O–H groups in total. The Morgan fingerprint density at radius 1 is 0.971 bits per heavy atom. The Kier molecular flexibility index (Phi) is 5.72. The van der Waals surface area contributed by atoms with Gasteiger partial charge < -0.3 is 5.32 Å². The SMILES string of the molecule is CBc1cccc(-c2nn3cc(C(F)(F)F)ccc3c2-c2ccnc(Nc3cccc(F)c3)n2)c1. The summed E-state index contributed by atoms with van der Waals surface area (Å²) in [6.07, 6.45) is -2.00. The molecule has 0 unspecified atom stereocenters. The van der Waals surface area contributed by atoms with Crippen molar-refractivity contribution in [1.82, 2.24) is 19.6 Å². The number of fused-ring (bicyclic) bond motifs is 1. The van der Waals surface area contributed by atoms with Crippen molar-refractivity contribution in [3.05, 3.63) is 90.5 Å². The molecule has 0 aliphatic rings. The number of pyridine rings is 1. The molecule has 3 aromatic heterocycles. The predicted octanol–water partition coefficient (Wildman–Crippen LogP) is 5.47. The van der Waals surface area contributed by atoms with E-state index in [1.807, 2.05) is 31.1 Å². The summed E-state index contributed by atoms with van der Waals surface area (Å²) in [6.45, 7) is 2.02. The van der Waals surface area contributed by atoms with Crippen LogP contribution >= 0.6 is 0 Å². The lowest BCUT2D eigenvalue weighted by atomic mass is 9.73. The summed E-state index contributed by atoms with van der Waals surface area (Å²) < 4.78 is 54.9. The molecule has 35 heavy (non-hydrogen) atoms. The highest BCUT2D eigenvalue weighted by Crippen LogP contribution is 2.36. The summed E-state index contributed by atoms with van der Waals surface area (Å²) >= 11 is 0. The van der Waals surface area contributed by atoms with E-state index in [0.29, 0.717) is 28.2 Å². The molecule has 2 aromatic carbocycles. The molecule has 0 saturated carbocycles. The molecule has 5 aromatic rings. The molecular formula is C25H18BF4N5. The fourth-order valence-electron chi connectivity index (χ4n) is 3.86. The number of anilines is 2. The third-order valence-corrected chi connectivity index (χ3v) is 5.56. The minimum Gasteiger partial charge on any atom is -0.324 e. The van der Waals surface area contributed by atoms with Crippen LogP contribution in [0.15, 0.2) is 79.1 Å². The van der Waals surface area contributed by atoms with Gasteiger partial charge in [-0.25, -0.2) is 18.9 Å². The Balaban J connectivity index is 1.68. The van der Waals surface area contributed by atoms with Crippen molar-refractivity contribution in [2.45, 2.75) is 13.0 Å². The van der Waals surface area contributed by atoms with Crippen molar-refractivity contribution < 1.29 is 17.6 Å². The molecule has 10 heteroatoms. The van der Waals surface area contributed by atoms with E-state index in [2.05, 4.69) is 20.4 Å². The van der Waals surface area contributed by atoms with Crippen LogP contribution in [0, 0.1) is 5.82 Å². The van der Waals surface area contributed by atoms with Crippen molar-refractivity contribution in [2.24, 2.45) is 0 Å². The van der Waals surface area contributed by atoms with Gasteiger partial charge in [0.15, 0.2) is 7.28 Å². The molecule has 0 spiro atoms. The summed E-state index contributed by atoms with van der Waals surface area (Å²) in [5, 5.41) is 7.48. The number of benzene rings is 2. The van der Waals surface area contributed by atoms with Crippen LogP contribution in [0.4, 0.5) is 29.2 Å². The average Bonchev–Trinajstić information content (AvgIpc) is 3.23. The van der Waals surface area contributed by atoms with E-state index in [0.717, 1.165) is 30.6 Å². The summed E-state index contributed by atoms with van der Waals surface area (Å²) in [5.74, 6) is -0.194. The van der Waals surface area contributed by atoms with Crippen LogP contribution in [-0.2, 0) is 6.18 Å². The number of halogens is 4. The second kappa shape index (κ2) is 8.86. The normalized spacial score (nSPS) is 11.6. The molecule has 174 valence electrons. The van der Waals surface area contributed by atoms with Crippen molar-refractivity contribution >= 4 is 29.9 Å². The topological polar surface area (TPSA) is 55.1 Å². The Morgan fingerprint density at radius 3 is 2.57 bits per heavy atom. The van der Waals surface area contributed by atoms with Gasteiger partial charge in [0.05, 0.1) is 22.3 Å².